The van der Waals surface area contributed by atoms with Crippen molar-refractivity contribution in [3.8, 4) is 12.3 Å². The Kier molecular flexibility index (Phi) is 4.93. The average Bonchev–Trinajstić information content (AvgIpc) is 2.30. The molecule has 1 aromatic rings. The molecule has 0 radical (unpaired) electrons. The first-order chi connectivity index (χ1) is 7.33. The van der Waals surface area contributed by atoms with Gasteiger partial charge < -0.3 is 0 Å². The number of hydrogen-bond acceptors (Lipinski definition) is 1. The van der Waals surface area contributed by atoms with Crippen molar-refractivity contribution in [3.05, 3.63) is 35.4 Å². The lowest BCUT2D eigenvalue weighted by Crippen LogP contribution is -2.21. The molecule has 0 amide bonds. The molecule has 15 heavy (non-hydrogen) atoms. The molecule has 0 aromatic heterocycles. The first-order valence-corrected chi connectivity index (χ1v) is 5.60. The zero-order valence-electron chi connectivity index (χ0n) is 9.59. The Morgan fingerprint density at radius 3 is 2.67 bits per heavy atom. The van der Waals surface area contributed by atoms with Crippen LogP contribution in [-0.4, -0.2) is 6.54 Å². The summed E-state index contributed by atoms with van der Waals surface area (Å²) in [7, 11) is 0. The number of terminal acetylenes is 1. The van der Waals surface area contributed by atoms with Crippen LogP contribution in [0.2, 0.25) is 0 Å². The molecule has 0 bridgehead atoms. The molecule has 1 aromatic carbocycles. The predicted octanol–water partition coefficient (Wildman–Crippen LogP) is 2.92. The van der Waals surface area contributed by atoms with Gasteiger partial charge in [-0.25, -0.2) is 0 Å². The summed E-state index contributed by atoms with van der Waals surface area (Å²) in [5, 5.41) is 3.37. The number of aryl methyl sites for hydroxylation is 1. The van der Waals surface area contributed by atoms with Gasteiger partial charge in [0.25, 0.3) is 0 Å². The maximum absolute atomic E-state index is 5.56. The van der Waals surface area contributed by atoms with Crippen LogP contribution in [0.15, 0.2) is 24.3 Å². The third-order valence-electron chi connectivity index (χ3n) is 2.51. The van der Waals surface area contributed by atoms with Crippen molar-refractivity contribution in [2.45, 2.75) is 32.7 Å². The lowest BCUT2D eigenvalue weighted by atomic mass is 9.99. The number of rotatable bonds is 5. The summed E-state index contributed by atoms with van der Waals surface area (Å²) in [5.41, 5.74) is 2.58. The van der Waals surface area contributed by atoms with Gasteiger partial charge in [0.05, 0.1) is 6.04 Å². The molecule has 0 aliphatic rings. The van der Waals surface area contributed by atoms with Crippen molar-refractivity contribution in [2.24, 2.45) is 0 Å². The Hall–Kier alpha value is -1.26. The second kappa shape index (κ2) is 6.27. The molecule has 80 valence electrons. The quantitative estimate of drug-likeness (QED) is 0.722. The highest BCUT2D eigenvalue weighted by molar-refractivity contribution is 5.34. The Labute approximate surface area is 92.9 Å². The summed E-state index contributed by atoms with van der Waals surface area (Å²) in [6.45, 7) is 5.27. The van der Waals surface area contributed by atoms with Crippen LogP contribution in [0, 0.1) is 12.3 Å². The minimum absolute atomic E-state index is 0.0566. The van der Waals surface area contributed by atoms with Crippen LogP contribution in [0.1, 0.15) is 37.4 Å². The van der Waals surface area contributed by atoms with Gasteiger partial charge in [0.1, 0.15) is 0 Å². The number of hydrogen-bond donors (Lipinski definition) is 1. The van der Waals surface area contributed by atoms with Crippen LogP contribution in [0.3, 0.4) is 0 Å². The SMILES string of the molecule is C#CC(NCCC)c1ccccc1CC. The molecule has 1 heteroatoms. The zero-order valence-corrected chi connectivity index (χ0v) is 9.59. The van der Waals surface area contributed by atoms with Crippen LogP contribution in [0.5, 0.6) is 0 Å². The maximum atomic E-state index is 5.56. The summed E-state index contributed by atoms with van der Waals surface area (Å²) < 4.78 is 0. The summed E-state index contributed by atoms with van der Waals surface area (Å²) in [6.07, 6.45) is 7.69. The van der Waals surface area contributed by atoms with Gasteiger partial charge in [0.15, 0.2) is 0 Å². The van der Waals surface area contributed by atoms with Gasteiger partial charge in [0, 0.05) is 0 Å². The van der Waals surface area contributed by atoms with E-state index in [0.717, 1.165) is 19.4 Å². The smallest absolute Gasteiger partial charge is 0.0945 e. The summed E-state index contributed by atoms with van der Waals surface area (Å²) in [6, 6.07) is 8.43. The maximum Gasteiger partial charge on any atom is 0.0945 e. The van der Waals surface area contributed by atoms with E-state index in [4.69, 9.17) is 6.42 Å². The van der Waals surface area contributed by atoms with E-state index < -0.39 is 0 Å². The van der Waals surface area contributed by atoms with E-state index in [-0.39, 0.29) is 6.04 Å². The average molecular weight is 201 g/mol. The predicted molar refractivity (Wildman–Crippen MR) is 65.7 cm³/mol. The monoisotopic (exact) mass is 201 g/mol. The minimum Gasteiger partial charge on any atom is -0.300 e. The highest BCUT2D eigenvalue weighted by Gasteiger charge is 2.09. The Morgan fingerprint density at radius 1 is 1.33 bits per heavy atom. The number of nitrogens with one attached hydrogen (secondary N) is 1. The third kappa shape index (κ3) is 3.11. The Balaban J connectivity index is 2.86. The van der Waals surface area contributed by atoms with E-state index in [1.54, 1.807) is 0 Å². The molecule has 0 saturated carbocycles. The van der Waals surface area contributed by atoms with Gasteiger partial charge in [-0.2, -0.15) is 0 Å². The molecule has 0 aliphatic carbocycles. The van der Waals surface area contributed by atoms with Gasteiger partial charge in [-0.15, -0.1) is 6.42 Å². The van der Waals surface area contributed by atoms with Crippen molar-refractivity contribution in [3.63, 3.8) is 0 Å². The third-order valence-corrected chi connectivity index (χ3v) is 2.51. The second-order valence-corrected chi connectivity index (χ2v) is 3.61. The standard InChI is InChI=1S/C14H19N/c1-4-11-15-14(6-3)13-10-8-7-9-12(13)5-2/h3,7-10,14-15H,4-5,11H2,1-2H3. The van der Waals surface area contributed by atoms with Gasteiger partial charge >= 0.3 is 0 Å². The topological polar surface area (TPSA) is 12.0 Å². The van der Waals surface area contributed by atoms with Crippen LogP contribution in [0.4, 0.5) is 0 Å². The first-order valence-electron chi connectivity index (χ1n) is 5.60. The fourth-order valence-electron chi connectivity index (χ4n) is 1.69. The minimum atomic E-state index is 0.0566. The first kappa shape index (κ1) is 11.8. The van der Waals surface area contributed by atoms with E-state index in [1.807, 2.05) is 6.07 Å². The lowest BCUT2D eigenvalue weighted by molar-refractivity contribution is 0.622. The highest BCUT2D eigenvalue weighted by Crippen LogP contribution is 2.17. The lowest BCUT2D eigenvalue weighted by Gasteiger charge is -2.16. The molecule has 0 saturated heterocycles. The Bertz CT molecular complexity index is 335. The summed E-state index contributed by atoms with van der Waals surface area (Å²) >= 11 is 0. The Morgan fingerprint density at radius 2 is 2.07 bits per heavy atom. The normalized spacial score (nSPS) is 12.1. The van der Waals surface area contributed by atoms with Crippen molar-refractivity contribution in [2.75, 3.05) is 6.54 Å². The molecular formula is C14H19N. The van der Waals surface area contributed by atoms with E-state index in [2.05, 4.69) is 43.3 Å². The molecule has 1 nitrogen and oxygen atoms in total. The van der Waals surface area contributed by atoms with Crippen molar-refractivity contribution in [1.29, 1.82) is 0 Å². The second-order valence-electron chi connectivity index (χ2n) is 3.61. The van der Waals surface area contributed by atoms with Gasteiger partial charge in [0.2, 0.25) is 0 Å². The fraction of sp³-hybridized carbons (Fsp3) is 0.429. The molecule has 1 rings (SSSR count). The molecule has 0 spiro atoms. The van der Waals surface area contributed by atoms with Gasteiger partial charge in [-0.3, -0.25) is 5.32 Å². The zero-order chi connectivity index (χ0) is 11.1. The van der Waals surface area contributed by atoms with E-state index in [0.29, 0.717) is 0 Å². The van der Waals surface area contributed by atoms with Crippen LogP contribution in [0.25, 0.3) is 0 Å². The van der Waals surface area contributed by atoms with E-state index in [1.165, 1.54) is 11.1 Å². The van der Waals surface area contributed by atoms with E-state index >= 15 is 0 Å². The summed E-state index contributed by atoms with van der Waals surface area (Å²) in [5.74, 6) is 2.82. The van der Waals surface area contributed by atoms with Crippen molar-refractivity contribution < 1.29 is 0 Å². The van der Waals surface area contributed by atoms with Crippen LogP contribution in [-0.2, 0) is 6.42 Å². The molecule has 0 aliphatic heterocycles. The highest BCUT2D eigenvalue weighted by atomic mass is 14.9. The van der Waals surface area contributed by atoms with Gasteiger partial charge in [-0.05, 0) is 30.5 Å². The van der Waals surface area contributed by atoms with Crippen molar-refractivity contribution >= 4 is 0 Å². The molecule has 0 fully saturated rings. The molecule has 0 heterocycles. The van der Waals surface area contributed by atoms with Crippen molar-refractivity contribution in [1.82, 2.24) is 5.32 Å². The molecular weight excluding hydrogens is 182 g/mol. The molecule has 1 unspecified atom stereocenters. The van der Waals surface area contributed by atoms with Gasteiger partial charge in [-0.1, -0.05) is 44.0 Å². The molecule has 1 N–H and O–H groups in total. The van der Waals surface area contributed by atoms with Crippen LogP contribution < -0.4 is 5.32 Å². The number of benzene rings is 1. The largest absolute Gasteiger partial charge is 0.300 e. The fourth-order valence-corrected chi connectivity index (χ4v) is 1.69. The van der Waals surface area contributed by atoms with Crippen LogP contribution >= 0.6 is 0 Å². The summed E-state index contributed by atoms with van der Waals surface area (Å²) in [4.78, 5) is 0. The molecule has 1 atom stereocenters. The van der Waals surface area contributed by atoms with E-state index in [9.17, 15) is 0 Å².